The fourth-order valence-electron chi connectivity index (χ4n) is 2.55. The van der Waals surface area contributed by atoms with E-state index >= 15 is 0 Å². The summed E-state index contributed by atoms with van der Waals surface area (Å²) in [6.45, 7) is 2.93. The summed E-state index contributed by atoms with van der Waals surface area (Å²) < 4.78 is 13.5. The Morgan fingerprint density at radius 3 is 2.60 bits per heavy atom. The first kappa shape index (κ1) is 15.0. The molecule has 2 aromatic carbocycles. The number of rotatable bonds is 5. The van der Waals surface area contributed by atoms with Crippen LogP contribution in [0.1, 0.15) is 22.6 Å². The van der Waals surface area contributed by atoms with Gasteiger partial charge in [0.2, 0.25) is 0 Å². The Kier molecular flexibility index (Phi) is 5.16. The quantitative estimate of drug-likeness (QED) is 0.864. The maximum atomic E-state index is 13.5. The molecule has 2 aromatic rings. The number of nitrogens with one attached hydrogen (secondary N) is 1. The van der Waals surface area contributed by atoms with Crippen molar-refractivity contribution in [3.63, 3.8) is 0 Å². The summed E-state index contributed by atoms with van der Waals surface area (Å²) in [5, 5.41) is 3.45. The second-order valence-electron chi connectivity index (χ2n) is 5.03. The predicted molar refractivity (Wildman–Crippen MR) is 83.0 cm³/mol. The lowest BCUT2D eigenvalue weighted by molar-refractivity contribution is 0.607. The molecule has 1 nitrogen and oxygen atoms in total. The molecule has 0 aliphatic rings. The zero-order chi connectivity index (χ0) is 14.5. The van der Waals surface area contributed by atoms with Crippen LogP contribution in [0.5, 0.6) is 0 Å². The van der Waals surface area contributed by atoms with Crippen molar-refractivity contribution < 1.29 is 4.39 Å². The topological polar surface area (TPSA) is 12.0 Å². The smallest absolute Gasteiger partial charge is 0.142 e. The van der Waals surface area contributed by atoms with Gasteiger partial charge in [0, 0.05) is 12.5 Å². The summed E-state index contributed by atoms with van der Waals surface area (Å²) in [6.07, 6.45) is 0.724. The van der Waals surface area contributed by atoms with Crippen molar-refractivity contribution in [3.05, 3.63) is 70.0 Å². The van der Waals surface area contributed by atoms with Gasteiger partial charge in [-0.3, -0.25) is 0 Å². The molecule has 3 heteroatoms. The minimum Gasteiger partial charge on any atom is -0.319 e. The van der Waals surface area contributed by atoms with Gasteiger partial charge in [0.25, 0.3) is 0 Å². The van der Waals surface area contributed by atoms with Crippen LogP contribution in [0.15, 0.2) is 42.5 Å². The Labute approximate surface area is 124 Å². The number of hydrogen-bond donors (Lipinski definition) is 1. The zero-order valence-electron chi connectivity index (χ0n) is 11.8. The molecule has 0 aromatic heterocycles. The van der Waals surface area contributed by atoms with Gasteiger partial charge in [-0.2, -0.15) is 0 Å². The second kappa shape index (κ2) is 6.87. The molecule has 1 atom stereocenters. The van der Waals surface area contributed by atoms with E-state index < -0.39 is 0 Å². The zero-order valence-corrected chi connectivity index (χ0v) is 12.5. The normalized spacial score (nSPS) is 12.4. The van der Waals surface area contributed by atoms with E-state index in [0.29, 0.717) is 0 Å². The first-order valence-electron chi connectivity index (χ1n) is 6.76. The Bertz CT molecular complexity index is 583. The number of hydrogen-bond acceptors (Lipinski definition) is 1. The van der Waals surface area contributed by atoms with Crippen molar-refractivity contribution in [1.82, 2.24) is 5.32 Å². The van der Waals surface area contributed by atoms with Gasteiger partial charge in [0.15, 0.2) is 0 Å². The van der Waals surface area contributed by atoms with E-state index in [9.17, 15) is 4.39 Å². The maximum absolute atomic E-state index is 13.5. The summed E-state index contributed by atoms with van der Waals surface area (Å²) in [5.41, 5.74) is 3.39. The van der Waals surface area contributed by atoms with Crippen LogP contribution in [0.2, 0.25) is 5.02 Å². The van der Waals surface area contributed by atoms with Gasteiger partial charge in [-0.25, -0.2) is 4.39 Å². The number of likely N-dealkylation sites (N-methyl/N-ethyl adjacent to an activating group) is 1. The molecule has 0 amide bonds. The number of halogens is 2. The van der Waals surface area contributed by atoms with Crippen LogP contribution in [0.25, 0.3) is 0 Å². The summed E-state index contributed by atoms with van der Waals surface area (Å²) >= 11 is 6.07. The second-order valence-corrected chi connectivity index (χ2v) is 5.41. The van der Waals surface area contributed by atoms with Gasteiger partial charge in [-0.05, 0) is 43.1 Å². The standard InChI is InChI=1S/C17H19ClFN/c1-12-6-3-4-8-15(12)14(11-20-2)10-13-7-5-9-16(19)17(13)18/h3-9,14,20H,10-11H2,1-2H3. The minimum absolute atomic E-state index is 0.238. The monoisotopic (exact) mass is 291 g/mol. The van der Waals surface area contributed by atoms with Crippen LogP contribution >= 0.6 is 11.6 Å². The maximum Gasteiger partial charge on any atom is 0.142 e. The lowest BCUT2D eigenvalue weighted by Crippen LogP contribution is -2.20. The summed E-state index contributed by atoms with van der Waals surface area (Å²) in [6, 6.07) is 13.3. The van der Waals surface area contributed by atoms with Crippen LogP contribution < -0.4 is 5.32 Å². The van der Waals surface area contributed by atoms with E-state index in [1.54, 1.807) is 6.07 Å². The fourth-order valence-corrected chi connectivity index (χ4v) is 2.76. The first-order valence-corrected chi connectivity index (χ1v) is 7.14. The average Bonchev–Trinajstić information content (AvgIpc) is 2.44. The molecule has 1 unspecified atom stereocenters. The van der Waals surface area contributed by atoms with E-state index in [1.807, 2.05) is 25.2 Å². The van der Waals surface area contributed by atoms with Crippen molar-refractivity contribution in [2.24, 2.45) is 0 Å². The highest BCUT2D eigenvalue weighted by Crippen LogP contribution is 2.28. The molecule has 2 rings (SSSR count). The Balaban J connectivity index is 2.31. The summed E-state index contributed by atoms with van der Waals surface area (Å²) in [5.74, 6) is -0.0716. The van der Waals surface area contributed by atoms with Gasteiger partial charge >= 0.3 is 0 Å². The van der Waals surface area contributed by atoms with E-state index in [0.717, 1.165) is 18.5 Å². The Morgan fingerprint density at radius 2 is 1.90 bits per heavy atom. The van der Waals surface area contributed by atoms with Crippen molar-refractivity contribution in [1.29, 1.82) is 0 Å². The molecular weight excluding hydrogens is 273 g/mol. The Morgan fingerprint density at radius 1 is 1.15 bits per heavy atom. The van der Waals surface area contributed by atoms with E-state index in [2.05, 4.69) is 24.4 Å². The molecule has 0 heterocycles. The van der Waals surface area contributed by atoms with Crippen LogP contribution in [0.4, 0.5) is 4.39 Å². The van der Waals surface area contributed by atoms with Gasteiger partial charge in [-0.15, -0.1) is 0 Å². The molecule has 0 bridgehead atoms. The minimum atomic E-state index is -0.350. The molecule has 0 fully saturated rings. The van der Waals surface area contributed by atoms with Crippen molar-refractivity contribution in [2.45, 2.75) is 19.3 Å². The average molecular weight is 292 g/mol. The van der Waals surface area contributed by atoms with Crippen LogP contribution in [-0.4, -0.2) is 13.6 Å². The van der Waals surface area contributed by atoms with Gasteiger partial charge < -0.3 is 5.32 Å². The highest BCUT2D eigenvalue weighted by Gasteiger charge is 2.16. The molecule has 20 heavy (non-hydrogen) atoms. The molecule has 0 saturated carbocycles. The molecule has 0 aliphatic carbocycles. The van der Waals surface area contributed by atoms with Gasteiger partial charge in [0.05, 0.1) is 5.02 Å². The lowest BCUT2D eigenvalue weighted by Gasteiger charge is -2.20. The SMILES string of the molecule is CNCC(Cc1cccc(F)c1Cl)c1ccccc1C. The molecule has 0 spiro atoms. The number of benzene rings is 2. The molecule has 0 aliphatic heterocycles. The van der Waals surface area contributed by atoms with Crippen molar-refractivity contribution in [2.75, 3.05) is 13.6 Å². The van der Waals surface area contributed by atoms with Crippen LogP contribution in [0.3, 0.4) is 0 Å². The third-order valence-electron chi connectivity index (χ3n) is 3.58. The largest absolute Gasteiger partial charge is 0.319 e. The summed E-state index contributed by atoms with van der Waals surface area (Å²) in [4.78, 5) is 0. The predicted octanol–water partition coefficient (Wildman–Crippen LogP) is 4.33. The molecule has 1 N–H and O–H groups in total. The Hall–Kier alpha value is -1.38. The van der Waals surface area contributed by atoms with E-state index in [4.69, 9.17) is 11.6 Å². The van der Waals surface area contributed by atoms with E-state index in [1.165, 1.54) is 17.2 Å². The molecule has 0 saturated heterocycles. The summed E-state index contributed by atoms with van der Waals surface area (Å²) in [7, 11) is 1.93. The van der Waals surface area contributed by atoms with Crippen LogP contribution in [0, 0.1) is 12.7 Å². The molecular formula is C17H19ClFN. The molecule has 106 valence electrons. The fraction of sp³-hybridized carbons (Fsp3) is 0.294. The number of aryl methyl sites for hydroxylation is 1. The highest BCUT2D eigenvalue weighted by atomic mass is 35.5. The van der Waals surface area contributed by atoms with Crippen LogP contribution in [-0.2, 0) is 6.42 Å². The molecule has 0 radical (unpaired) electrons. The van der Waals surface area contributed by atoms with Crippen molar-refractivity contribution >= 4 is 11.6 Å². The van der Waals surface area contributed by atoms with Gasteiger partial charge in [0.1, 0.15) is 5.82 Å². The van der Waals surface area contributed by atoms with Gasteiger partial charge in [-0.1, -0.05) is 48.0 Å². The van der Waals surface area contributed by atoms with Crippen molar-refractivity contribution in [3.8, 4) is 0 Å². The first-order chi connectivity index (χ1) is 9.63. The van der Waals surface area contributed by atoms with E-state index in [-0.39, 0.29) is 16.8 Å². The highest BCUT2D eigenvalue weighted by molar-refractivity contribution is 6.31. The third kappa shape index (κ3) is 3.38. The lowest BCUT2D eigenvalue weighted by atomic mass is 9.89. The third-order valence-corrected chi connectivity index (χ3v) is 4.00.